The lowest BCUT2D eigenvalue weighted by Crippen LogP contribution is -2.39. The number of likely N-dealkylation sites (tertiary alicyclic amines) is 1. The first-order valence-corrected chi connectivity index (χ1v) is 8.60. The van der Waals surface area contributed by atoms with Crippen molar-refractivity contribution in [2.24, 2.45) is 5.92 Å². The number of amides is 1. The minimum atomic E-state index is -1.18. The highest BCUT2D eigenvalue weighted by molar-refractivity contribution is 5.92. The highest BCUT2D eigenvalue weighted by atomic mass is 16.6. The Hall–Kier alpha value is -3.02. The van der Waals surface area contributed by atoms with Gasteiger partial charge in [-0.25, -0.2) is 9.59 Å². The molecule has 26 heavy (non-hydrogen) atoms. The molecule has 1 amide bonds. The van der Waals surface area contributed by atoms with E-state index in [1.165, 1.54) is 12.1 Å². The molecule has 0 atom stereocenters. The quantitative estimate of drug-likeness (QED) is 0.879. The average molecular weight is 355 g/mol. The predicted molar refractivity (Wildman–Crippen MR) is 95.9 cm³/mol. The number of para-hydroxylation sites is 1. The second kappa shape index (κ2) is 7.91. The van der Waals surface area contributed by atoms with Gasteiger partial charge in [0.1, 0.15) is 22.8 Å². The third kappa shape index (κ3) is 4.33. The van der Waals surface area contributed by atoms with Crippen LogP contribution in [0.1, 0.15) is 30.1 Å². The van der Waals surface area contributed by atoms with Crippen LogP contribution in [0.2, 0.25) is 0 Å². The van der Waals surface area contributed by atoms with Gasteiger partial charge in [-0.05, 0) is 49.1 Å². The van der Waals surface area contributed by atoms with E-state index in [1.807, 2.05) is 18.2 Å². The van der Waals surface area contributed by atoms with Crippen molar-refractivity contribution in [2.75, 3.05) is 13.1 Å². The molecule has 1 aliphatic rings. The Morgan fingerprint density at radius 2 is 1.73 bits per heavy atom. The van der Waals surface area contributed by atoms with Gasteiger partial charge in [0, 0.05) is 13.1 Å². The van der Waals surface area contributed by atoms with Gasteiger partial charge in [-0.1, -0.05) is 25.1 Å². The Kier molecular flexibility index (Phi) is 5.41. The Labute approximate surface area is 152 Å². The number of ether oxygens (including phenoxy) is 2. The van der Waals surface area contributed by atoms with Gasteiger partial charge in [0.2, 0.25) is 0 Å². The van der Waals surface area contributed by atoms with Gasteiger partial charge in [-0.2, -0.15) is 0 Å². The maximum atomic E-state index is 12.3. The van der Waals surface area contributed by atoms with Crippen molar-refractivity contribution < 1.29 is 24.2 Å². The number of carboxylic acids is 1. The standard InChI is InChI=1S/C20H21NO5/c1-14-9-11-21(12-10-14)20(24)26-18-8-7-16(13-17(18)19(22)23)25-15-5-3-2-4-6-15/h2-8,13-14H,9-12H2,1H3,(H,22,23). The van der Waals surface area contributed by atoms with Crippen molar-refractivity contribution in [2.45, 2.75) is 19.8 Å². The van der Waals surface area contributed by atoms with Gasteiger partial charge in [0.15, 0.2) is 0 Å². The molecule has 0 unspecified atom stereocenters. The zero-order valence-corrected chi connectivity index (χ0v) is 14.6. The van der Waals surface area contributed by atoms with Crippen molar-refractivity contribution in [3.8, 4) is 17.2 Å². The van der Waals surface area contributed by atoms with Crippen molar-refractivity contribution in [3.63, 3.8) is 0 Å². The van der Waals surface area contributed by atoms with Crippen LogP contribution in [0.5, 0.6) is 17.2 Å². The molecule has 0 radical (unpaired) electrons. The summed E-state index contributed by atoms with van der Waals surface area (Å²) >= 11 is 0. The number of hydrogen-bond acceptors (Lipinski definition) is 4. The summed E-state index contributed by atoms with van der Waals surface area (Å²) in [5, 5.41) is 9.45. The van der Waals surface area contributed by atoms with E-state index in [0.29, 0.717) is 30.5 Å². The maximum Gasteiger partial charge on any atom is 0.415 e. The number of aromatic carboxylic acids is 1. The van der Waals surface area contributed by atoms with Crippen LogP contribution in [0.25, 0.3) is 0 Å². The van der Waals surface area contributed by atoms with Gasteiger partial charge in [0.05, 0.1) is 0 Å². The molecule has 0 bridgehead atoms. The number of carbonyl (C=O) groups excluding carboxylic acids is 1. The van der Waals surface area contributed by atoms with Crippen LogP contribution in [-0.4, -0.2) is 35.2 Å². The Morgan fingerprint density at radius 3 is 2.38 bits per heavy atom. The van der Waals surface area contributed by atoms with Crippen LogP contribution in [0, 0.1) is 5.92 Å². The average Bonchev–Trinajstić information content (AvgIpc) is 2.64. The zero-order chi connectivity index (χ0) is 18.5. The molecule has 2 aromatic carbocycles. The number of hydrogen-bond donors (Lipinski definition) is 1. The van der Waals surface area contributed by atoms with E-state index < -0.39 is 12.1 Å². The Morgan fingerprint density at radius 1 is 1.04 bits per heavy atom. The van der Waals surface area contributed by atoms with E-state index in [9.17, 15) is 14.7 Å². The SMILES string of the molecule is CC1CCN(C(=O)Oc2ccc(Oc3ccccc3)cc2C(=O)O)CC1. The van der Waals surface area contributed by atoms with Crippen LogP contribution in [0.3, 0.4) is 0 Å². The number of carboxylic acid groups (broad SMARTS) is 1. The van der Waals surface area contributed by atoms with Gasteiger partial charge in [-0.3, -0.25) is 0 Å². The molecule has 1 heterocycles. The molecule has 1 aliphatic heterocycles. The smallest absolute Gasteiger partial charge is 0.415 e. The minimum absolute atomic E-state index is 0.0153. The summed E-state index contributed by atoms with van der Waals surface area (Å²) < 4.78 is 11.0. The highest BCUT2D eigenvalue weighted by Crippen LogP contribution is 2.28. The third-order valence-electron chi connectivity index (χ3n) is 4.40. The van der Waals surface area contributed by atoms with E-state index in [2.05, 4.69) is 6.92 Å². The lowest BCUT2D eigenvalue weighted by atomic mass is 10.00. The monoisotopic (exact) mass is 355 g/mol. The number of rotatable bonds is 4. The second-order valence-corrected chi connectivity index (χ2v) is 6.42. The van der Waals surface area contributed by atoms with E-state index >= 15 is 0 Å². The largest absolute Gasteiger partial charge is 0.478 e. The summed E-state index contributed by atoms with van der Waals surface area (Å²) in [4.78, 5) is 25.5. The molecule has 2 aromatic rings. The first-order valence-electron chi connectivity index (χ1n) is 8.60. The van der Waals surface area contributed by atoms with Crippen LogP contribution in [0.4, 0.5) is 4.79 Å². The summed E-state index contributed by atoms with van der Waals surface area (Å²) in [7, 11) is 0. The van der Waals surface area contributed by atoms with Crippen LogP contribution in [0.15, 0.2) is 48.5 Å². The van der Waals surface area contributed by atoms with E-state index in [1.54, 1.807) is 23.1 Å². The molecule has 1 N–H and O–H groups in total. The molecule has 0 aromatic heterocycles. The van der Waals surface area contributed by atoms with Crippen molar-refractivity contribution in [3.05, 3.63) is 54.1 Å². The lowest BCUT2D eigenvalue weighted by molar-refractivity contribution is 0.0692. The van der Waals surface area contributed by atoms with Gasteiger partial charge >= 0.3 is 12.1 Å². The van der Waals surface area contributed by atoms with Crippen molar-refractivity contribution in [1.82, 2.24) is 4.90 Å². The summed E-state index contributed by atoms with van der Waals surface area (Å²) in [6.45, 7) is 3.39. The predicted octanol–water partition coefficient (Wildman–Crippen LogP) is 4.41. The summed E-state index contributed by atoms with van der Waals surface area (Å²) in [6.07, 6.45) is 1.33. The zero-order valence-electron chi connectivity index (χ0n) is 14.6. The molecular formula is C20H21NO5. The fourth-order valence-electron chi connectivity index (χ4n) is 2.80. The molecule has 136 valence electrons. The molecule has 0 spiro atoms. The van der Waals surface area contributed by atoms with Gasteiger partial charge in [0.25, 0.3) is 0 Å². The summed E-state index contributed by atoms with van der Waals surface area (Å²) in [6, 6.07) is 13.4. The lowest BCUT2D eigenvalue weighted by Gasteiger charge is -2.29. The molecule has 1 fully saturated rings. The highest BCUT2D eigenvalue weighted by Gasteiger charge is 2.24. The number of piperidine rings is 1. The van der Waals surface area contributed by atoms with Crippen LogP contribution in [-0.2, 0) is 0 Å². The molecule has 0 saturated carbocycles. The summed E-state index contributed by atoms with van der Waals surface area (Å²) in [5.41, 5.74) is -0.114. The number of benzene rings is 2. The first kappa shape index (κ1) is 17.8. The third-order valence-corrected chi connectivity index (χ3v) is 4.40. The topological polar surface area (TPSA) is 76.1 Å². The Balaban J connectivity index is 1.74. The van der Waals surface area contributed by atoms with Crippen LogP contribution < -0.4 is 9.47 Å². The molecule has 3 rings (SSSR count). The summed E-state index contributed by atoms with van der Waals surface area (Å²) in [5.74, 6) is 0.374. The normalized spacial score (nSPS) is 14.7. The van der Waals surface area contributed by atoms with Crippen LogP contribution >= 0.6 is 0 Å². The molecular weight excluding hydrogens is 334 g/mol. The minimum Gasteiger partial charge on any atom is -0.478 e. The molecule has 6 nitrogen and oxygen atoms in total. The van der Waals surface area contributed by atoms with E-state index in [4.69, 9.17) is 9.47 Å². The fourth-order valence-corrected chi connectivity index (χ4v) is 2.80. The molecule has 1 saturated heterocycles. The second-order valence-electron chi connectivity index (χ2n) is 6.42. The maximum absolute atomic E-state index is 12.3. The fraction of sp³-hybridized carbons (Fsp3) is 0.300. The number of nitrogens with zero attached hydrogens (tertiary/aromatic N) is 1. The van der Waals surface area contributed by atoms with Gasteiger partial charge < -0.3 is 19.5 Å². The van der Waals surface area contributed by atoms with E-state index in [0.717, 1.165) is 12.8 Å². The van der Waals surface area contributed by atoms with Crippen molar-refractivity contribution in [1.29, 1.82) is 0 Å². The molecule has 6 heteroatoms. The van der Waals surface area contributed by atoms with Crippen molar-refractivity contribution >= 4 is 12.1 Å². The Bertz CT molecular complexity index is 782. The van der Waals surface area contributed by atoms with E-state index in [-0.39, 0.29) is 11.3 Å². The first-order chi connectivity index (χ1) is 12.5. The van der Waals surface area contributed by atoms with Gasteiger partial charge in [-0.15, -0.1) is 0 Å². The molecule has 0 aliphatic carbocycles. The number of carbonyl (C=O) groups is 2.